The molecule has 0 aromatic carbocycles. The van der Waals surface area contributed by atoms with Crippen LogP contribution in [-0.2, 0) is 4.74 Å². The van der Waals surface area contributed by atoms with Crippen molar-refractivity contribution in [2.24, 2.45) is 0 Å². The molecule has 0 aromatic rings. The Morgan fingerprint density at radius 3 is 2.43 bits per heavy atom. The quantitative estimate of drug-likeness (QED) is 0.652. The van der Waals surface area contributed by atoms with Gasteiger partial charge in [-0.25, -0.2) is 0 Å². The minimum Gasteiger partial charge on any atom is -0.361 e. The molecule has 1 rings (SSSR count). The normalized spacial score (nSPS) is 22.5. The van der Waals surface area contributed by atoms with Gasteiger partial charge in [-0.3, -0.25) is 4.90 Å². The zero-order valence-electron chi connectivity index (χ0n) is 9.96. The molecule has 2 atom stereocenters. The molecular formula is C12H25NO. The lowest BCUT2D eigenvalue weighted by Gasteiger charge is -2.27. The van der Waals surface area contributed by atoms with Crippen LogP contribution in [0, 0.1) is 0 Å². The van der Waals surface area contributed by atoms with Crippen molar-refractivity contribution >= 4 is 0 Å². The molecular weight excluding hydrogens is 174 g/mol. The Kier molecular flexibility index (Phi) is 5.49. The van der Waals surface area contributed by atoms with E-state index >= 15 is 0 Å². The molecule has 14 heavy (non-hydrogen) atoms. The van der Waals surface area contributed by atoms with Crippen molar-refractivity contribution in [3.8, 4) is 0 Å². The van der Waals surface area contributed by atoms with Gasteiger partial charge in [-0.15, -0.1) is 0 Å². The highest BCUT2D eigenvalue weighted by molar-refractivity contribution is 4.68. The van der Waals surface area contributed by atoms with Crippen molar-refractivity contribution in [3.63, 3.8) is 0 Å². The molecule has 0 spiro atoms. The Balaban J connectivity index is 2.14. The van der Waals surface area contributed by atoms with E-state index in [0.717, 1.165) is 0 Å². The van der Waals surface area contributed by atoms with E-state index < -0.39 is 0 Å². The van der Waals surface area contributed by atoms with Crippen LogP contribution in [-0.4, -0.2) is 30.3 Å². The Morgan fingerprint density at radius 1 is 1.21 bits per heavy atom. The van der Waals surface area contributed by atoms with Crippen LogP contribution in [0.5, 0.6) is 0 Å². The van der Waals surface area contributed by atoms with Crippen LogP contribution < -0.4 is 0 Å². The van der Waals surface area contributed by atoms with Gasteiger partial charge in [0.05, 0.1) is 6.10 Å². The molecule has 0 aliphatic carbocycles. The molecule has 1 aliphatic rings. The van der Waals surface area contributed by atoms with Crippen LogP contribution >= 0.6 is 0 Å². The molecule has 2 nitrogen and oxygen atoms in total. The Labute approximate surface area is 88.6 Å². The third-order valence-electron chi connectivity index (χ3n) is 3.05. The minimum absolute atomic E-state index is 0.323. The molecule has 1 fully saturated rings. The van der Waals surface area contributed by atoms with Crippen molar-refractivity contribution in [2.45, 2.75) is 65.2 Å². The number of hydrogen-bond acceptors (Lipinski definition) is 2. The second-order valence-corrected chi connectivity index (χ2v) is 4.43. The summed E-state index contributed by atoms with van der Waals surface area (Å²) in [5, 5.41) is 0. The predicted molar refractivity (Wildman–Crippen MR) is 60.3 cm³/mol. The molecule has 0 N–H and O–H groups in total. The van der Waals surface area contributed by atoms with E-state index in [1.54, 1.807) is 0 Å². The first kappa shape index (κ1) is 12.0. The van der Waals surface area contributed by atoms with Gasteiger partial charge in [0.15, 0.2) is 0 Å². The largest absolute Gasteiger partial charge is 0.361 e. The molecule has 0 saturated carbocycles. The van der Waals surface area contributed by atoms with Crippen LogP contribution in [0.2, 0.25) is 0 Å². The summed E-state index contributed by atoms with van der Waals surface area (Å²) >= 11 is 0. The Bertz CT molecular complexity index is 143. The van der Waals surface area contributed by atoms with Crippen molar-refractivity contribution < 1.29 is 4.74 Å². The van der Waals surface area contributed by atoms with Gasteiger partial charge in [0.2, 0.25) is 0 Å². The number of nitrogens with zero attached hydrogens (tertiary/aromatic N) is 1. The van der Waals surface area contributed by atoms with Crippen molar-refractivity contribution in [1.82, 2.24) is 4.90 Å². The van der Waals surface area contributed by atoms with E-state index in [9.17, 15) is 0 Å². The predicted octanol–water partition coefficient (Wildman–Crippen LogP) is 3.02. The number of rotatable bonds is 6. The van der Waals surface area contributed by atoms with Gasteiger partial charge >= 0.3 is 0 Å². The highest BCUT2D eigenvalue weighted by Gasteiger charge is 2.19. The molecule has 0 radical (unpaired) electrons. The highest BCUT2D eigenvalue weighted by Crippen LogP contribution is 2.15. The van der Waals surface area contributed by atoms with E-state index in [4.69, 9.17) is 4.74 Å². The summed E-state index contributed by atoms with van der Waals surface area (Å²) < 4.78 is 5.96. The molecule has 2 heteroatoms. The minimum atomic E-state index is 0.323. The lowest BCUT2D eigenvalue weighted by molar-refractivity contribution is -0.0769. The molecule has 1 aliphatic heterocycles. The molecule has 84 valence electrons. The summed E-state index contributed by atoms with van der Waals surface area (Å²) in [5.74, 6) is 0. The summed E-state index contributed by atoms with van der Waals surface area (Å²) in [7, 11) is 0. The average molecular weight is 199 g/mol. The molecule has 0 bridgehead atoms. The molecule has 2 unspecified atom stereocenters. The lowest BCUT2D eigenvalue weighted by atomic mass is 10.2. The van der Waals surface area contributed by atoms with E-state index in [-0.39, 0.29) is 0 Å². The summed E-state index contributed by atoms with van der Waals surface area (Å²) in [6.07, 6.45) is 7.19. The first-order chi connectivity index (χ1) is 6.74. The zero-order chi connectivity index (χ0) is 10.4. The number of likely N-dealkylation sites (tertiary alicyclic amines) is 1. The SMILES string of the molecule is CCCCC(C)OC(C)N1CCCC1. The van der Waals surface area contributed by atoms with Crippen molar-refractivity contribution in [3.05, 3.63) is 0 Å². The summed E-state index contributed by atoms with van der Waals surface area (Å²) in [6, 6.07) is 0. The van der Waals surface area contributed by atoms with Crippen LogP contribution in [0.25, 0.3) is 0 Å². The highest BCUT2D eigenvalue weighted by atomic mass is 16.5. The molecule has 1 heterocycles. The fraction of sp³-hybridized carbons (Fsp3) is 1.00. The van der Waals surface area contributed by atoms with Crippen LogP contribution in [0.4, 0.5) is 0 Å². The number of ether oxygens (including phenoxy) is 1. The van der Waals surface area contributed by atoms with Gasteiger partial charge in [-0.1, -0.05) is 19.8 Å². The van der Waals surface area contributed by atoms with Gasteiger partial charge in [0, 0.05) is 13.1 Å². The second-order valence-electron chi connectivity index (χ2n) is 4.43. The summed E-state index contributed by atoms with van der Waals surface area (Å²) in [5.41, 5.74) is 0. The van der Waals surface area contributed by atoms with Gasteiger partial charge in [-0.05, 0) is 33.1 Å². The average Bonchev–Trinajstić information content (AvgIpc) is 2.67. The molecule has 0 amide bonds. The Morgan fingerprint density at radius 2 is 1.86 bits per heavy atom. The van der Waals surface area contributed by atoms with Crippen LogP contribution in [0.1, 0.15) is 52.9 Å². The third kappa shape index (κ3) is 3.97. The maximum atomic E-state index is 5.96. The van der Waals surface area contributed by atoms with Gasteiger partial charge in [0.1, 0.15) is 6.23 Å². The molecule has 0 aromatic heterocycles. The Hall–Kier alpha value is -0.0800. The maximum absolute atomic E-state index is 5.96. The van der Waals surface area contributed by atoms with Crippen LogP contribution in [0.15, 0.2) is 0 Å². The smallest absolute Gasteiger partial charge is 0.108 e. The van der Waals surface area contributed by atoms with Crippen molar-refractivity contribution in [1.29, 1.82) is 0 Å². The first-order valence-electron chi connectivity index (χ1n) is 6.13. The molecule has 1 saturated heterocycles. The van der Waals surface area contributed by atoms with Crippen molar-refractivity contribution in [2.75, 3.05) is 13.1 Å². The van der Waals surface area contributed by atoms with Gasteiger partial charge < -0.3 is 4.74 Å². The fourth-order valence-electron chi connectivity index (χ4n) is 2.09. The standard InChI is InChI=1S/C12H25NO/c1-4-5-8-11(2)14-12(3)13-9-6-7-10-13/h11-12H,4-10H2,1-3H3. The van der Waals surface area contributed by atoms with Crippen LogP contribution in [0.3, 0.4) is 0 Å². The van der Waals surface area contributed by atoms with Gasteiger partial charge in [-0.2, -0.15) is 0 Å². The third-order valence-corrected chi connectivity index (χ3v) is 3.05. The number of hydrogen-bond donors (Lipinski definition) is 0. The van der Waals surface area contributed by atoms with E-state index in [0.29, 0.717) is 12.3 Å². The number of unbranched alkanes of at least 4 members (excludes halogenated alkanes) is 1. The monoisotopic (exact) mass is 199 g/mol. The maximum Gasteiger partial charge on any atom is 0.108 e. The lowest BCUT2D eigenvalue weighted by Crippen LogP contribution is -2.34. The van der Waals surface area contributed by atoms with E-state index in [2.05, 4.69) is 25.7 Å². The summed E-state index contributed by atoms with van der Waals surface area (Å²) in [6.45, 7) is 9.07. The fourth-order valence-corrected chi connectivity index (χ4v) is 2.09. The van der Waals surface area contributed by atoms with E-state index in [1.807, 2.05) is 0 Å². The topological polar surface area (TPSA) is 12.5 Å². The summed E-state index contributed by atoms with van der Waals surface area (Å²) in [4.78, 5) is 2.45. The zero-order valence-corrected chi connectivity index (χ0v) is 9.96. The second kappa shape index (κ2) is 6.41. The first-order valence-corrected chi connectivity index (χ1v) is 6.13. The van der Waals surface area contributed by atoms with E-state index in [1.165, 1.54) is 45.2 Å². The van der Waals surface area contributed by atoms with Gasteiger partial charge in [0.25, 0.3) is 0 Å².